The van der Waals surface area contributed by atoms with Crippen LogP contribution in [0.2, 0.25) is 0 Å². The summed E-state index contributed by atoms with van der Waals surface area (Å²) in [4.78, 5) is 28.3. The predicted molar refractivity (Wildman–Crippen MR) is 74.7 cm³/mol. The number of hydrogen-bond acceptors (Lipinski definition) is 4. The van der Waals surface area contributed by atoms with E-state index < -0.39 is 11.6 Å². The van der Waals surface area contributed by atoms with Crippen LogP contribution in [0.25, 0.3) is 0 Å². The first kappa shape index (κ1) is 15.2. The fourth-order valence-electron chi connectivity index (χ4n) is 2.21. The van der Waals surface area contributed by atoms with Crippen LogP contribution in [-0.4, -0.2) is 52.3 Å². The zero-order valence-corrected chi connectivity index (χ0v) is 12.1. The number of carbonyl (C=O) groups excluding carboxylic acids is 1. The summed E-state index contributed by atoms with van der Waals surface area (Å²) >= 11 is 0. The lowest BCUT2D eigenvalue weighted by atomic mass is 9.97. The Balaban J connectivity index is 1.80. The number of hydrogen-bond donors (Lipinski definition) is 2. The average molecular weight is 293 g/mol. The topological polar surface area (TPSA) is 91.8 Å². The van der Waals surface area contributed by atoms with Crippen molar-refractivity contribution in [2.24, 2.45) is 0 Å². The first-order valence-electron chi connectivity index (χ1n) is 6.72. The molecule has 2 amide bonds. The van der Waals surface area contributed by atoms with E-state index in [9.17, 15) is 9.59 Å². The van der Waals surface area contributed by atoms with Gasteiger partial charge < -0.3 is 20.1 Å². The van der Waals surface area contributed by atoms with Crippen LogP contribution in [0.3, 0.4) is 0 Å². The van der Waals surface area contributed by atoms with Crippen LogP contribution < -0.4 is 5.32 Å². The minimum absolute atomic E-state index is 0.189. The van der Waals surface area contributed by atoms with Gasteiger partial charge in [0.15, 0.2) is 0 Å². The van der Waals surface area contributed by atoms with Gasteiger partial charge in [-0.15, -0.1) is 0 Å². The Labute approximate surface area is 122 Å². The van der Waals surface area contributed by atoms with Crippen molar-refractivity contribution in [3.8, 4) is 0 Å². The number of rotatable bonds is 5. The van der Waals surface area contributed by atoms with Crippen molar-refractivity contribution in [3.63, 3.8) is 0 Å². The van der Waals surface area contributed by atoms with Gasteiger partial charge in [0.25, 0.3) is 0 Å². The molecule has 7 heteroatoms. The molecule has 0 aromatic carbocycles. The van der Waals surface area contributed by atoms with Crippen molar-refractivity contribution in [2.45, 2.75) is 25.5 Å². The molecule has 2 N–H and O–H groups in total. The summed E-state index contributed by atoms with van der Waals surface area (Å²) < 4.78 is 5.26. The molecule has 1 fully saturated rings. The van der Waals surface area contributed by atoms with Gasteiger partial charge in [0.1, 0.15) is 12.2 Å². The van der Waals surface area contributed by atoms with Crippen LogP contribution in [0.5, 0.6) is 0 Å². The number of ether oxygens (including phenoxy) is 1. The maximum absolute atomic E-state index is 12.1. The fraction of sp³-hybridized carbons (Fsp3) is 0.500. The summed E-state index contributed by atoms with van der Waals surface area (Å²) in [6.45, 7) is 4.06. The Morgan fingerprint density at radius 2 is 2.24 bits per heavy atom. The molecule has 0 aliphatic carbocycles. The Morgan fingerprint density at radius 1 is 1.52 bits per heavy atom. The molecule has 0 spiro atoms. The number of likely N-dealkylation sites (tertiary alicyclic amines) is 1. The summed E-state index contributed by atoms with van der Waals surface area (Å²) in [5, 5.41) is 11.4. The first-order chi connectivity index (χ1) is 9.89. The predicted octanol–water partition coefficient (Wildman–Crippen LogP) is 1.03. The molecule has 2 rings (SSSR count). The summed E-state index contributed by atoms with van der Waals surface area (Å²) in [7, 11) is 0. The molecule has 114 valence electrons. The normalized spacial score (nSPS) is 17.7. The summed E-state index contributed by atoms with van der Waals surface area (Å²) in [6, 6.07) is 5.14. The van der Waals surface area contributed by atoms with Gasteiger partial charge in [0.2, 0.25) is 0 Å². The highest BCUT2D eigenvalue weighted by atomic mass is 16.5. The fourth-order valence-corrected chi connectivity index (χ4v) is 2.21. The molecule has 1 atom stereocenters. The quantitative estimate of drug-likeness (QED) is 0.846. The summed E-state index contributed by atoms with van der Waals surface area (Å²) in [5.74, 6) is -1.01. The molecule has 7 nitrogen and oxygen atoms in total. The average Bonchev–Trinajstić information content (AvgIpc) is 2.43. The SMILES string of the molecule is CC(NC(=O)N1CC(C)(OCC(=O)O)C1)c1ccccn1. The first-order valence-corrected chi connectivity index (χ1v) is 6.72. The van der Waals surface area contributed by atoms with Gasteiger partial charge in [-0.3, -0.25) is 4.98 Å². The van der Waals surface area contributed by atoms with Gasteiger partial charge in [0, 0.05) is 6.20 Å². The van der Waals surface area contributed by atoms with E-state index >= 15 is 0 Å². The number of carboxylic acid groups (broad SMARTS) is 1. The minimum atomic E-state index is -1.01. The molecular weight excluding hydrogens is 274 g/mol. The van der Waals surface area contributed by atoms with E-state index in [0.29, 0.717) is 13.1 Å². The summed E-state index contributed by atoms with van der Waals surface area (Å²) in [5.41, 5.74) is 0.209. The lowest BCUT2D eigenvalue weighted by Crippen LogP contribution is -2.65. The molecule has 1 aromatic heterocycles. The van der Waals surface area contributed by atoms with Crippen LogP contribution in [-0.2, 0) is 9.53 Å². The second-order valence-corrected chi connectivity index (χ2v) is 5.41. The zero-order valence-electron chi connectivity index (χ0n) is 12.1. The largest absolute Gasteiger partial charge is 0.480 e. The van der Waals surface area contributed by atoms with E-state index in [1.165, 1.54) is 0 Å². The third kappa shape index (κ3) is 3.91. The van der Waals surface area contributed by atoms with Gasteiger partial charge in [-0.1, -0.05) is 6.07 Å². The van der Waals surface area contributed by atoms with Crippen molar-refractivity contribution in [3.05, 3.63) is 30.1 Å². The van der Waals surface area contributed by atoms with Crippen molar-refractivity contribution >= 4 is 12.0 Å². The molecule has 21 heavy (non-hydrogen) atoms. The number of aromatic nitrogens is 1. The molecule has 1 aliphatic heterocycles. The van der Waals surface area contributed by atoms with Crippen LogP contribution in [0.15, 0.2) is 24.4 Å². The van der Waals surface area contributed by atoms with Crippen molar-refractivity contribution in [2.75, 3.05) is 19.7 Å². The lowest BCUT2D eigenvalue weighted by Gasteiger charge is -2.47. The number of pyridine rings is 1. The number of nitrogens with zero attached hydrogens (tertiary/aromatic N) is 2. The lowest BCUT2D eigenvalue weighted by molar-refractivity contribution is -0.159. The molecule has 0 radical (unpaired) electrons. The highest BCUT2D eigenvalue weighted by molar-refractivity contribution is 5.76. The number of amides is 2. The zero-order chi connectivity index (χ0) is 15.5. The van der Waals surface area contributed by atoms with E-state index in [-0.39, 0.29) is 18.7 Å². The van der Waals surface area contributed by atoms with E-state index in [1.807, 2.05) is 25.1 Å². The number of aliphatic carboxylic acids is 1. The highest BCUT2D eigenvalue weighted by Gasteiger charge is 2.43. The Morgan fingerprint density at radius 3 is 2.81 bits per heavy atom. The van der Waals surface area contributed by atoms with E-state index in [0.717, 1.165) is 5.69 Å². The molecule has 1 aromatic rings. The van der Waals surface area contributed by atoms with Gasteiger partial charge in [-0.25, -0.2) is 9.59 Å². The maximum atomic E-state index is 12.1. The number of nitrogens with one attached hydrogen (secondary N) is 1. The molecule has 0 saturated carbocycles. The molecular formula is C14H19N3O4. The Kier molecular flexibility index (Phi) is 4.42. The third-order valence-electron chi connectivity index (χ3n) is 3.35. The van der Waals surface area contributed by atoms with Crippen LogP contribution in [0.4, 0.5) is 4.79 Å². The molecule has 2 heterocycles. The van der Waals surface area contributed by atoms with Crippen LogP contribution in [0, 0.1) is 0 Å². The molecule has 1 unspecified atom stereocenters. The van der Waals surface area contributed by atoms with Crippen LogP contribution >= 0.6 is 0 Å². The van der Waals surface area contributed by atoms with Crippen molar-refractivity contribution in [1.82, 2.24) is 15.2 Å². The van der Waals surface area contributed by atoms with E-state index in [2.05, 4.69) is 10.3 Å². The number of carboxylic acids is 1. The van der Waals surface area contributed by atoms with E-state index in [4.69, 9.17) is 9.84 Å². The van der Waals surface area contributed by atoms with Crippen LogP contribution in [0.1, 0.15) is 25.6 Å². The maximum Gasteiger partial charge on any atom is 0.329 e. The Bertz CT molecular complexity index is 514. The van der Waals surface area contributed by atoms with Gasteiger partial charge in [0.05, 0.1) is 24.8 Å². The van der Waals surface area contributed by atoms with Crippen molar-refractivity contribution in [1.29, 1.82) is 0 Å². The third-order valence-corrected chi connectivity index (χ3v) is 3.35. The molecule has 1 saturated heterocycles. The van der Waals surface area contributed by atoms with E-state index in [1.54, 1.807) is 18.0 Å². The summed E-state index contributed by atoms with van der Waals surface area (Å²) in [6.07, 6.45) is 1.68. The van der Waals surface area contributed by atoms with Crippen molar-refractivity contribution < 1.29 is 19.4 Å². The molecule has 1 aliphatic rings. The second-order valence-electron chi connectivity index (χ2n) is 5.41. The second kappa shape index (κ2) is 6.09. The molecule has 0 bridgehead atoms. The Hall–Kier alpha value is -2.15. The number of carbonyl (C=O) groups is 2. The standard InChI is InChI=1S/C14H19N3O4/c1-10(11-5-3-4-6-15-11)16-13(20)17-8-14(2,9-17)21-7-12(18)19/h3-6,10H,7-9H2,1-2H3,(H,16,20)(H,18,19). The smallest absolute Gasteiger partial charge is 0.329 e. The minimum Gasteiger partial charge on any atom is -0.480 e. The highest BCUT2D eigenvalue weighted by Crippen LogP contribution is 2.25. The van der Waals surface area contributed by atoms with Gasteiger partial charge >= 0.3 is 12.0 Å². The van der Waals surface area contributed by atoms with Gasteiger partial charge in [-0.2, -0.15) is 0 Å². The monoisotopic (exact) mass is 293 g/mol. The van der Waals surface area contributed by atoms with Gasteiger partial charge in [-0.05, 0) is 26.0 Å². The number of urea groups is 1.